The monoisotopic (exact) mass is 323 g/mol. The van der Waals surface area contributed by atoms with Gasteiger partial charge < -0.3 is 5.32 Å². The third-order valence-corrected chi connectivity index (χ3v) is 4.36. The molecule has 2 aromatic carbocycles. The molecular formula is C22H29NO. The highest BCUT2D eigenvalue weighted by Gasteiger charge is 2.15. The first-order valence-electron chi connectivity index (χ1n) is 8.86. The van der Waals surface area contributed by atoms with Gasteiger partial charge in [-0.05, 0) is 54.0 Å². The van der Waals surface area contributed by atoms with E-state index in [1.807, 2.05) is 19.1 Å². The van der Waals surface area contributed by atoms with E-state index in [-0.39, 0.29) is 11.8 Å². The van der Waals surface area contributed by atoms with Crippen LogP contribution >= 0.6 is 0 Å². The molecule has 128 valence electrons. The number of amides is 1. The van der Waals surface area contributed by atoms with E-state index in [0.717, 1.165) is 17.7 Å². The Bertz CT molecular complexity index is 653. The van der Waals surface area contributed by atoms with Gasteiger partial charge in [0.25, 0.3) is 0 Å². The summed E-state index contributed by atoms with van der Waals surface area (Å²) < 4.78 is 0. The van der Waals surface area contributed by atoms with E-state index in [4.69, 9.17) is 0 Å². The molecule has 0 aliphatic carbocycles. The van der Waals surface area contributed by atoms with Gasteiger partial charge in [-0.25, -0.2) is 0 Å². The zero-order valence-corrected chi connectivity index (χ0v) is 15.5. The molecular weight excluding hydrogens is 294 g/mol. The van der Waals surface area contributed by atoms with Crippen molar-refractivity contribution in [2.45, 2.75) is 52.9 Å². The Morgan fingerprint density at radius 3 is 1.88 bits per heavy atom. The van der Waals surface area contributed by atoms with E-state index >= 15 is 0 Å². The van der Waals surface area contributed by atoms with Gasteiger partial charge >= 0.3 is 0 Å². The molecule has 0 saturated heterocycles. The number of rotatable bonds is 6. The van der Waals surface area contributed by atoms with Crippen molar-refractivity contribution in [1.82, 2.24) is 0 Å². The normalized spacial score (nSPS) is 12.5. The molecule has 1 atom stereocenters. The molecule has 0 aliphatic rings. The van der Waals surface area contributed by atoms with Crippen molar-refractivity contribution >= 4 is 11.6 Å². The van der Waals surface area contributed by atoms with Crippen molar-refractivity contribution in [3.05, 3.63) is 65.2 Å². The van der Waals surface area contributed by atoms with Crippen molar-refractivity contribution in [2.24, 2.45) is 5.92 Å². The van der Waals surface area contributed by atoms with Crippen LogP contribution in [0.15, 0.2) is 48.5 Å². The quantitative estimate of drug-likeness (QED) is 0.720. The van der Waals surface area contributed by atoms with E-state index in [9.17, 15) is 4.79 Å². The number of carbonyl (C=O) groups excluding carboxylic acids is 1. The summed E-state index contributed by atoms with van der Waals surface area (Å²) in [5.41, 5.74) is 4.51. The predicted octanol–water partition coefficient (Wildman–Crippen LogP) is 5.75. The molecule has 0 fully saturated rings. The summed E-state index contributed by atoms with van der Waals surface area (Å²) in [4.78, 5) is 12.5. The predicted molar refractivity (Wildman–Crippen MR) is 103 cm³/mol. The Balaban J connectivity index is 2.01. The van der Waals surface area contributed by atoms with Crippen molar-refractivity contribution in [3.63, 3.8) is 0 Å². The Morgan fingerprint density at radius 2 is 1.38 bits per heavy atom. The van der Waals surface area contributed by atoms with Gasteiger partial charge in [0.1, 0.15) is 0 Å². The molecule has 0 spiro atoms. The molecule has 2 nitrogen and oxygen atoms in total. The van der Waals surface area contributed by atoms with Crippen LogP contribution in [0.25, 0.3) is 0 Å². The van der Waals surface area contributed by atoms with Gasteiger partial charge in [0, 0.05) is 5.69 Å². The Labute approximate surface area is 146 Å². The molecule has 2 heteroatoms. The lowest BCUT2D eigenvalue weighted by Gasteiger charge is -2.14. The molecule has 2 aromatic rings. The number of carbonyl (C=O) groups is 1. The number of nitrogens with one attached hydrogen (secondary N) is 1. The molecule has 0 aliphatic heterocycles. The molecule has 1 N–H and O–H groups in total. The average Bonchev–Trinajstić information content (AvgIpc) is 2.54. The van der Waals surface area contributed by atoms with E-state index < -0.39 is 0 Å². The van der Waals surface area contributed by atoms with Crippen LogP contribution in [-0.2, 0) is 11.2 Å². The summed E-state index contributed by atoms with van der Waals surface area (Å²) in [6, 6.07) is 16.5. The van der Waals surface area contributed by atoms with E-state index in [1.165, 1.54) is 11.1 Å². The summed E-state index contributed by atoms with van der Waals surface area (Å²) >= 11 is 0. The highest BCUT2D eigenvalue weighted by molar-refractivity contribution is 5.95. The maximum Gasteiger partial charge on any atom is 0.231 e. The molecule has 0 bridgehead atoms. The fraction of sp³-hybridized carbons (Fsp3) is 0.409. The van der Waals surface area contributed by atoms with Gasteiger partial charge in [0.05, 0.1) is 5.92 Å². The van der Waals surface area contributed by atoms with Crippen LogP contribution in [0.2, 0.25) is 0 Å². The second-order valence-electron chi connectivity index (χ2n) is 7.33. The Morgan fingerprint density at radius 1 is 0.833 bits per heavy atom. The van der Waals surface area contributed by atoms with Crippen molar-refractivity contribution in [2.75, 3.05) is 5.32 Å². The smallest absolute Gasteiger partial charge is 0.231 e. The lowest BCUT2D eigenvalue weighted by Crippen LogP contribution is -2.18. The topological polar surface area (TPSA) is 29.1 Å². The first-order chi connectivity index (χ1) is 11.4. The van der Waals surface area contributed by atoms with Gasteiger partial charge in [-0.1, -0.05) is 64.1 Å². The molecule has 0 heterocycles. The van der Waals surface area contributed by atoms with Crippen LogP contribution in [0.4, 0.5) is 5.69 Å². The van der Waals surface area contributed by atoms with Crippen LogP contribution in [0, 0.1) is 5.92 Å². The third kappa shape index (κ3) is 4.95. The summed E-state index contributed by atoms with van der Waals surface area (Å²) in [5, 5.41) is 3.01. The number of hydrogen-bond donors (Lipinski definition) is 1. The molecule has 0 saturated carbocycles. The Hall–Kier alpha value is -2.09. The van der Waals surface area contributed by atoms with Crippen molar-refractivity contribution < 1.29 is 4.79 Å². The maximum atomic E-state index is 12.5. The molecule has 24 heavy (non-hydrogen) atoms. The minimum absolute atomic E-state index is 0.0314. The average molecular weight is 323 g/mol. The lowest BCUT2D eigenvalue weighted by atomic mass is 9.96. The van der Waals surface area contributed by atoms with Crippen LogP contribution in [-0.4, -0.2) is 5.91 Å². The van der Waals surface area contributed by atoms with Crippen LogP contribution in [0.5, 0.6) is 0 Å². The number of hydrogen-bond acceptors (Lipinski definition) is 1. The summed E-state index contributed by atoms with van der Waals surface area (Å²) in [5.74, 6) is 1.01. The summed E-state index contributed by atoms with van der Waals surface area (Å²) in [7, 11) is 0. The molecule has 0 aromatic heterocycles. The fourth-order valence-electron chi connectivity index (χ4n) is 2.77. The van der Waals surface area contributed by atoms with Gasteiger partial charge in [0.2, 0.25) is 5.91 Å². The summed E-state index contributed by atoms with van der Waals surface area (Å²) in [6.45, 7) is 10.7. The van der Waals surface area contributed by atoms with Crippen molar-refractivity contribution in [3.8, 4) is 0 Å². The fourth-order valence-corrected chi connectivity index (χ4v) is 2.77. The molecule has 1 amide bonds. The lowest BCUT2D eigenvalue weighted by molar-refractivity contribution is -0.117. The SMILES string of the molecule is CC(C)Cc1ccc([C@@H](C)C(=O)Nc2ccc(C(C)C)cc2)cc1. The molecule has 0 unspecified atom stereocenters. The highest BCUT2D eigenvalue weighted by Crippen LogP contribution is 2.21. The molecule has 2 rings (SSSR count). The number of anilines is 1. The van der Waals surface area contributed by atoms with Gasteiger partial charge in [-0.3, -0.25) is 4.79 Å². The second-order valence-corrected chi connectivity index (χ2v) is 7.33. The van der Waals surface area contributed by atoms with Crippen molar-refractivity contribution in [1.29, 1.82) is 0 Å². The zero-order chi connectivity index (χ0) is 17.7. The first kappa shape index (κ1) is 18.3. The standard InChI is InChI=1S/C22H29NO/c1-15(2)14-18-6-8-20(9-7-18)17(5)22(24)23-21-12-10-19(11-13-21)16(3)4/h6-13,15-17H,14H2,1-5H3,(H,23,24)/t17-/m1/s1. The van der Waals surface area contributed by atoms with E-state index in [2.05, 4.69) is 69.4 Å². The van der Waals surface area contributed by atoms with E-state index in [0.29, 0.717) is 11.8 Å². The molecule has 0 radical (unpaired) electrons. The summed E-state index contributed by atoms with van der Waals surface area (Å²) in [6.07, 6.45) is 1.07. The van der Waals surface area contributed by atoms with Crippen LogP contribution in [0.1, 0.15) is 63.1 Å². The van der Waals surface area contributed by atoms with E-state index in [1.54, 1.807) is 0 Å². The van der Waals surface area contributed by atoms with Crippen LogP contribution in [0.3, 0.4) is 0 Å². The largest absolute Gasteiger partial charge is 0.326 e. The zero-order valence-electron chi connectivity index (χ0n) is 15.5. The van der Waals surface area contributed by atoms with Gasteiger partial charge in [-0.2, -0.15) is 0 Å². The van der Waals surface area contributed by atoms with Gasteiger partial charge in [-0.15, -0.1) is 0 Å². The number of benzene rings is 2. The maximum absolute atomic E-state index is 12.5. The minimum Gasteiger partial charge on any atom is -0.326 e. The first-order valence-corrected chi connectivity index (χ1v) is 8.86. The second kappa shape index (κ2) is 8.14. The Kier molecular flexibility index (Phi) is 6.19. The highest BCUT2D eigenvalue weighted by atomic mass is 16.1. The third-order valence-electron chi connectivity index (χ3n) is 4.36. The minimum atomic E-state index is -0.164. The van der Waals surface area contributed by atoms with Gasteiger partial charge in [0.15, 0.2) is 0 Å². The van der Waals surface area contributed by atoms with Crippen LogP contribution < -0.4 is 5.32 Å².